The lowest BCUT2D eigenvalue weighted by Crippen LogP contribution is -2.36. The second-order valence-electron chi connectivity index (χ2n) is 5.35. The fourth-order valence-electron chi connectivity index (χ4n) is 1.74. The summed E-state index contributed by atoms with van der Waals surface area (Å²) in [5.41, 5.74) is 1.27. The van der Waals surface area contributed by atoms with Gasteiger partial charge in [-0.15, -0.1) is 0 Å². The Bertz CT molecular complexity index is 352. The molecule has 1 aromatic rings. The second-order valence-corrected chi connectivity index (χ2v) is 5.79. The summed E-state index contributed by atoms with van der Waals surface area (Å²) in [7, 11) is 2.14. The molecule has 0 radical (unpaired) electrons. The van der Waals surface area contributed by atoms with E-state index in [0.29, 0.717) is 12.0 Å². The average Bonchev–Trinajstić information content (AvgIpc) is 2.28. The van der Waals surface area contributed by atoms with Gasteiger partial charge in [0.15, 0.2) is 0 Å². The van der Waals surface area contributed by atoms with E-state index in [1.165, 1.54) is 5.56 Å². The predicted molar refractivity (Wildman–Crippen MR) is 80.1 cm³/mol. The molecule has 0 aliphatic heterocycles. The van der Waals surface area contributed by atoms with Gasteiger partial charge in [0.25, 0.3) is 0 Å². The zero-order valence-corrected chi connectivity index (χ0v) is 12.7. The van der Waals surface area contributed by atoms with Crippen molar-refractivity contribution in [3.63, 3.8) is 0 Å². The van der Waals surface area contributed by atoms with Crippen molar-refractivity contribution in [3.05, 3.63) is 34.9 Å². The number of benzene rings is 1. The van der Waals surface area contributed by atoms with Gasteiger partial charge in [-0.05, 0) is 37.6 Å². The van der Waals surface area contributed by atoms with E-state index in [-0.39, 0.29) is 0 Å². The molecule has 0 spiro atoms. The Morgan fingerprint density at radius 1 is 1.28 bits per heavy atom. The first-order valence-corrected chi connectivity index (χ1v) is 7.03. The first kappa shape index (κ1) is 15.5. The monoisotopic (exact) mass is 268 g/mol. The van der Waals surface area contributed by atoms with Crippen molar-refractivity contribution in [2.75, 3.05) is 20.1 Å². The number of nitrogens with one attached hydrogen (secondary N) is 1. The smallest absolute Gasteiger partial charge is 0.0409 e. The highest BCUT2D eigenvalue weighted by Gasteiger charge is 2.06. The van der Waals surface area contributed by atoms with Crippen molar-refractivity contribution in [2.24, 2.45) is 5.92 Å². The highest BCUT2D eigenvalue weighted by molar-refractivity contribution is 6.30. The van der Waals surface area contributed by atoms with Crippen LogP contribution in [0, 0.1) is 5.92 Å². The Morgan fingerprint density at radius 3 is 2.61 bits per heavy atom. The lowest BCUT2D eigenvalue weighted by Gasteiger charge is -2.21. The van der Waals surface area contributed by atoms with Gasteiger partial charge < -0.3 is 10.2 Å². The van der Waals surface area contributed by atoms with E-state index in [9.17, 15) is 0 Å². The minimum absolute atomic E-state index is 0.574. The molecule has 18 heavy (non-hydrogen) atoms. The molecule has 0 saturated carbocycles. The molecule has 2 nitrogen and oxygen atoms in total. The topological polar surface area (TPSA) is 15.3 Å². The molecule has 0 heterocycles. The Balaban J connectivity index is 2.27. The highest BCUT2D eigenvalue weighted by atomic mass is 35.5. The minimum atomic E-state index is 0.574. The molecular weight excluding hydrogens is 244 g/mol. The maximum atomic E-state index is 5.98. The molecule has 0 fully saturated rings. The third kappa shape index (κ3) is 5.85. The Hall–Kier alpha value is -0.570. The molecule has 102 valence electrons. The first-order valence-electron chi connectivity index (χ1n) is 6.65. The van der Waals surface area contributed by atoms with Crippen LogP contribution in [0.5, 0.6) is 0 Å². The molecule has 1 rings (SSSR count). The van der Waals surface area contributed by atoms with Crippen LogP contribution in [0.15, 0.2) is 24.3 Å². The standard InChI is InChI=1S/C15H25ClN2/c1-12(2)13(3)17-8-9-18(4)11-14-6-5-7-15(16)10-14/h5-7,10,12-13,17H,8-9,11H2,1-4H3. The maximum Gasteiger partial charge on any atom is 0.0409 e. The van der Waals surface area contributed by atoms with E-state index in [2.05, 4.69) is 44.1 Å². The molecule has 0 aromatic heterocycles. The summed E-state index contributed by atoms with van der Waals surface area (Å²) in [5, 5.41) is 4.35. The van der Waals surface area contributed by atoms with Crippen molar-refractivity contribution < 1.29 is 0 Å². The van der Waals surface area contributed by atoms with Crippen LogP contribution in [0.1, 0.15) is 26.3 Å². The molecular formula is C15H25ClN2. The summed E-state index contributed by atoms with van der Waals surface area (Å²) >= 11 is 5.98. The zero-order chi connectivity index (χ0) is 13.5. The van der Waals surface area contributed by atoms with Crippen molar-refractivity contribution in [2.45, 2.75) is 33.4 Å². The number of rotatable bonds is 7. The highest BCUT2D eigenvalue weighted by Crippen LogP contribution is 2.11. The molecule has 0 bridgehead atoms. The maximum absolute atomic E-state index is 5.98. The van der Waals surface area contributed by atoms with Crippen molar-refractivity contribution in [3.8, 4) is 0 Å². The molecule has 0 aliphatic rings. The van der Waals surface area contributed by atoms with E-state index in [4.69, 9.17) is 11.6 Å². The van der Waals surface area contributed by atoms with Crippen molar-refractivity contribution in [1.82, 2.24) is 10.2 Å². The first-order chi connectivity index (χ1) is 8.49. The third-order valence-electron chi connectivity index (χ3n) is 3.30. The van der Waals surface area contributed by atoms with Crippen LogP contribution in [0.4, 0.5) is 0 Å². The van der Waals surface area contributed by atoms with Gasteiger partial charge in [-0.3, -0.25) is 0 Å². The van der Waals surface area contributed by atoms with Crippen LogP contribution >= 0.6 is 11.6 Å². The molecule has 1 N–H and O–H groups in total. The summed E-state index contributed by atoms with van der Waals surface area (Å²) in [6, 6.07) is 8.64. The van der Waals surface area contributed by atoms with Gasteiger partial charge in [0.1, 0.15) is 0 Å². The van der Waals surface area contributed by atoms with Crippen LogP contribution in [0.25, 0.3) is 0 Å². The number of halogens is 1. The fraction of sp³-hybridized carbons (Fsp3) is 0.600. The van der Waals surface area contributed by atoms with E-state index in [1.807, 2.05) is 18.2 Å². The summed E-state index contributed by atoms with van der Waals surface area (Å²) in [6.45, 7) is 9.74. The van der Waals surface area contributed by atoms with Gasteiger partial charge in [0.2, 0.25) is 0 Å². The van der Waals surface area contributed by atoms with Crippen LogP contribution in [-0.2, 0) is 6.54 Å². The zero-order valence-electron chi connectivity index (χ0n) is 11.9. The molecule has 1 atom stereocenters. The van der Waals surface area contributed by atoms with Gasteiger partial charge in [-0.2, -0.15) is 0 Å². The van der Waals surface area contributed by atoms with Gasteiger partial charge >= 0.3 is 0 Å². The van der Waals surface area contributed by atoms with E-state index < -0.39 is 0 Å². The number of hydrogen-bond donors (Lipinski definition) is 1. The van der Waals surface area contributed by atoms with E-state index in [1.54, 1.807) is 0 Å². The number of likely N-dealkylation sites (N-methyl/N-ethyl adjacent to an activating group) is 1. The molecule has 1 aromatic carbocycles. The Labute approximate surface area is 116 Å². The van der Waals surface area contributed by atoms with Crippen LogP contribution in [0.2, 0.25) is 5.02 Å². The molecule has 0 aliphatic carbocycles. The van der Waals surface area contributed by atoms with Crippen LogP contribution < -0.4 is 5.32 Å². The van der Waals surface area contributed by atoms with E-state index >= 15 is 0 Å². The summed E-state index contributed by atoms with van der Waals surface area (Å²) in [6.07, 6.45) is 0. The number of nitrogens with zero attached hydrogens (tertiary/aromatic N) is 1. The van der Waals surface area contributed by atoms with E-state index in [0.717, 1.165) is 24.7 Å². The lowest BCUT2D eigenvalue weighted by atomic mass is 10.1. The minimum Gasteiger partial charge on any atom is -0.313 e. The Kier molecular flexibility index (Phi) is 6.69. The summed E-state index contributed by atoms with van der Waals surface area (Å²) in [4.78, 5) is 2.31. The fourth-order valence-corrected chi connectivity index (χ4v) is 1.96. The SMILES string of the molecule is CC(C)C(C)NCCN(C)Cc1cccc(Cl)c1. The molecule has 0 amide bonds. The van der Waals surface area contributed by atoms with Crippen LogP contribution in [-0.4, -0.2) is 31.1 Å². The van der Waals surface area contributed by atoms with Gasteiger partial charge in [-0.1, -0.05) is 37.6 Å². The van der Waals surface area contributed by atoms with Crippen LogP contribution in [0.3, 0.4) is 0 Å². The summed E-state index contributed by atoms with van der Waals surface area (Å²) < 4.78 is 0. The molecule has 0 saturated heterocycles. The summed E-state index contributed by atoms with van der Waals surface area (Å²) in [5.74, 6) is 0.684. The normalized spacial score (nSPS) is 13.3. The number of hydrogen-bond acceptors (Lipinski definition) is 2. The lowest BCUT2D eigenvalue weighted by molar-refractivity contribution is 0.308. The largest absolute Gasteiger partial charge is 0.313 e. The Morgan fingerprint density at radius 2 is 2.00 bits per heavy atom. The van der Waals surface area contributed by atoms with Gasteiger partial charge in [-0.25, -0.2) is 0 Å². The molecule has 1 unspecified atom stereocenters. The third-order valence-corrected chi connectivity index (χ3v) is 3.54. The van der Waals surface area contributed by atoms with Crippen molar-refractivity contribution in [1.29, 1.82) is 0 Å². The van der Waals surface area contributed by atoms with Crippen molar-refractivity contribution >= 4 is 11.6 Å². The van der Waals surface area contributed by atoms with Gasteiger partial charge in [0.05, 0.1) is 0 Å². The average molecular weight is 269 g/mol. The quantitative estimate of drug-likeness (QED) is 0.815. The molecule has 3 heteroatoms. The predicted octanol–water partition coefficient (Wildman–Crippen LogP) is 3.41. The van der Waals surface area contributed by atoms with Gasteiger partial charge in [0, 0.05) is 30.7 Å². The second kappa shape index (κ2) is 7.78.